The van der Waals surface area contributed by atoms with Crippen molar-refractivity contribution in [3.05, 3.63) is 41.8 Å². The summed E-state index contributed by atoms with van der Waals surface area (Å²) in [7, 11) is 0. The lowest BCUT2D eigenvalue weighted by molar-refractivity contribution is 0.1000. The van der Waals surface area contributed by atoms with E-state index in [0.29, 0.717) is 31.4 Å². The number of hydrogen-bond acceptors (Lipinski definition) is 5. The Bertz CT molecular complexity index is 831. The van der Waals surface area contributed by atoms with E-state index in [1.165, 1.54) is 24.3 Å². The van der Waals surface area contributed by atoms with Gasteiger partial charge in [-0.3, -0.25) is 9.48 Å². The van der Waals surface area contributed by atoms with Crippen molar-refractivity contribution in [1.29, 1.82) is 0 Å². The summed E-state index contributed by atoms with van der Waals surface area (Å²) in [6, 6.07) is 5.62. The zero-order chi connectivity index (χ0) is 21.0. The average Bonchev–Trinajstić information content (AvgIpc) is 3.13. The van der Waals surface area contributed by atoms with Gasteiger partial charge in [0.15, 0.2) is 5.82 Å². The van der Waals surface area contributed by atoms with Crippen LogP contribution in [0.25, 0.3) is 0 Å². The van der Waals surface area contributed by atoms with Crippen LogP contribution in [0.15, 0.2) is 30.5 Å². The Morgan fingerprint density at radius 3 is 2.48 bits per heavy atom. The molecule has 7 nitrogen and oxygen atoms in total. The molecule has 1 saturated carbocycles. The number of aromatic nitrogens is 2. The molecule has 1 aromatic carbocycles. The van der Waals surface area contributed by atoms with Crippen molar-refractivity contribution in [2.24, 2.45) is 11.5 Å². The molecule has 10 heteroatoms. The van der Waals surface area contributed by atoms with E-state index >= 15 is 0 Å². The number of nitrogens with zero attached hydrogens (tertiary/aromatic N) is 2. The Balaban J connectivity index is 1.80. The number of halogens is 3. The first-order valence-electron chi connectivity index (χ1n) is 9.47. The number of alkyl halides is 2. The number of rotatable bonds is 8. The van der Waals surface area contributed by atoms with E-state index in [-0.39, 0.29) is 36.3 Å². The lowest BCUT2D eigenvalue weighted by Gasteiger charge is -2.40. The second-order valence-electron chi connectivity index (χ2n) is 7.33. The van der Waals surface area contributed by atoms with Crippen LogP contribution in [-0.4, -0.2) is 41.2 Å². The van der Waals surface area contributed by atoms with Gasteiger partial charge >= 0.3 is 0 Å². The van der Waals surface area contributed by atoms with E-state index < -0.39 is 17.9 Å². The summed E-state index contributed by atoms with van der Waals surface area (Å²) in [6.07, 6.45) is 1.75. The third-order valence-electron chi connectivity index (χ3n) is 5.43. The fraction of sp³-hybridized carbons (Fsp3) is 0.474. The van der Waals surface area contributed by atoms with Crippen molar-refractivity contribution in [3.8, 4) is 0 Å². The van der Waals surface area contributed by atoms with Crippen molar-refractivity contribution in [3.63, 3.8) is 0 Å². The third kappa shape index (κ3) is 4.88. The maximum Gasteiger partial charge on any atom is 0.254 e. The standard InChI is InChI=1S/C19H25F3N6O/c20-12-1-3-14(4-2-12)26-18-15(17(24)29)10-28(27-18)19(11-23)7-5-13(6-8-19)25-9-16(21)22/h1-4,10,13,16,25H,5-9,11,23H2,(H2,24,29)(H,26,27). The van der Waals surface area contributed by atoms with Crippen LogP contribution in [0.3, 0.4) is 0 Å². The van der Waals surface area contributed by atoms with Crippen LogP contribution >= 0.6 is 0 Å². The van der Waals surface area contributed by atoms with Crippen molar-refractivity contribution in [2.45, 2.75) is 43.7 Å². The molecule has 158 valence electrons. The quantitative estimate of drug-likeness (QED) is 0.534. The maximum absolute atomic E-state index is 13.1. The monoisotopic (exact) mass is 410 g/mol. The molecule has 1 aromatic heterocycles. The van der Waals surface area contributed by atoms with E-state index in [2.05, 4.69) is 15.7 Å². The molecular formula is C19H25F3N6O. The third-order valence-corrected chi connectivity index (χ3v) is 5.43. The first-order chi connectivity index (χ1) is 13.8. The topological polar surface area (TPSA) is 111 Å². The van der Waals surface area contributed by atoms with Crippen molar-refractivity contribution in [2.75, 3.05) is 18.4 Å². The van der Waals surface area contributed by atoms with Gasteiger partial charge in [-0.25, -0.2) is 13.2 Å². The Hall–Kier alpha value is -2.59. The Morgan fingerprint density at radius 1 is 1.28 bits per heavy atom. The molecule has 6 N–H and O–H groups in total. The van der Waals surface area contributed by atoms with Gasteiger partial charge in [0, 0.05) is 24.5 Å². The minimum absolute atomic E-state index is 0.00772. The molecule has 1 aliphatic carbocycles. The van der Waals surface area contributed by atoms with Crippen LogP contribution in [0.1, 0.15) is 36.0 Å². The van der Waals surface area contributed by atoms with Gasteiger partial charge in [0.1, 0.15) is 11.4 Å². The number of hydrogen-bond donors (Lipinski definition) is 4. The van der Waals surface area contributed by atoms with Crippen LogP contribution in [-0.2, 0) is 5.54 Å². The van der Waals surface area contributed by atoms with Crippen LogP contribution in [0, 0.1) is 5.82 Å². The van der Waals surface area contributed by atoms with Gasteiger partial charge in [-0.15, -0.1) is 0 Å². The highest BCUT2D eigenvalue weighted by Crippen LogP contribution is 2.35. The molecular weight excluding hydrogens is 385 g/mol. The van der Waals surface area contributed by atoms with E-state index in [0.717, 1.165) is 0 Å². The van der Waals surface area contributed by atoms with Crippen LogP contribution < -0.4 is 22.1 Å². The summed E-state index contributed by atoms with van der Waals surface area (Å²) in [5, 5.41) is 10.4. The first kappa shape index (κ1) is 21.1. The molecule has 29 heavy (non-hydrogen) atoms. The summed E-state index contributed by atoms with van der Waals surface area (Å²) in [5.74, 6) is -0.772. The Morgan fingerprint density at radius 2 is 1.93 bits per heavy atom. The SMILES string of the molecule is NCC1(n2cc(C(N)=O)c(Nc3ccc(F)cc3)n2)CCC(NCC(F)F)CC1. The number of carbonyl (C=O) groups is 1. The van der Waals surface area contributed by atoms with Crippen molar-refractivity contribution < 1.29 is 18.0 Å². The normalized spacial score (nSPS) is 22.0. The zero-order valence-electron chi connectivity index (χ0n) is 15.9. The lowest BCUT2D eigenvalue weighted by atomic mass is 9.79. The highest BCUT2D eigenvalue weighted by Gasteiger charge is 2.37. The smallest absolute Gasteiger partial charge is 0.254 e. The maximum atomic E-state index is 13.1. The van der Waals surface area contributed by atoms with Crippen molar-refractivity contribution >= 4 is 17.4 Å². The second-order valence-corrected chi connectivity index (χ2v) is 7.33. The highest BCUT2D eigenvalue weighted by atomic mass is 19.3. The molecule has 1 aliphatic rings. The molecule has 0 bridgehead atoms. The van der Waals surface area contributed by atoms with Gasteiger partial charge in [0.2, 0.25) is 0 Å². The van der Waals surface area contributed by atoms with Crippen LogP contribution in [0.5, 0.6) is 0 Å². The lowest BCUT2D eigenvalue weighted by Crippen LogP contribution is -2.48. The summed E-state index contributed by atoms with van der Waals surface area (Å²) in [4.78, 5) is 11.9. The average molecular weight is 410 g/mol. The number of nitrogens with two attached hydrogens (primary N) is 2. The molecule has 1 fully saturated rings. The van der Waals surface area contributed by atoms with E-state index in [1.807, 2.05) is 0 Å². The van der Waals surface area contributed by atoms with Gasteiger partial charge in [0.25, 0.3) is 12.3 Å². The molecule has 3 rings (SSSR count). The van der Waals surface area contributed by atoms with Gasteiger partial charge in [0.05, 0.1) is 12.1 Å². The molecule has 0 saturated heterocycles. The zero-order valence-corrected chi connectivity index (χ0v) is 15.9. The molecule has 2 aromatic rings. The Kier molecular flexibility index (Phi) is 6.43. The van der Waals surface area contributed by atoms with E-state index in [1.54, 1.807) is 10.9 Å². The minimum Gasteiger partial charge on any atom is -0.365 e. The molecule has 0 unspecified atom stereocenters. The minimum atomic E-state index is -2.39. The predicted molar refractivity (Wildman–Crippen MR) is 104 cm³/mol. The fourth-order valence-electron chi connectivity index (χ4n) is 3.70. The van der Waals surface area contributed by atoms with Crippen LogP contribution in [0.2, 0.25) is 0 Å². The predicted octanol–water partition coefficient (Wildman–Crippen LogP) is 2.32. The fourth-order valence-corrected chi connectivity index (χ4v) is 3.70. The number of nitrogens with one attached hydrogen (secondary N) is 2. The summed E-state index contributed by atoms with van der Waals surface area (Å²) in [5.41, 5.74) is 11.8. The molecule has 1 amide bonds. The number of benzene rings is 1. The van der Waals surface area contributed by atoms with E-state index in [9.17, 15) is 18.0 Å². The number of carbonyl (C=O) groups excluding carboxylic acids is 1. The van der Waals surface area contributed by atoms with Gasteiger partial charge < -0.3 is 22.1 Å². The summed E-state index contributed by atoms with van der Waals surface area (Å²) < 4.78 is 39.6. The molecule has 0 aliphatic heterocycles. The molecule has 0 radical (unpaired) electrons. The second kappa shape index (κ2) is 8.83. The van der Waals surface area contributed by atoms with Gasteiger partial charge in [-0.05, 0) is 49.9 Å². The number of primary amides is 1. The summed E-state index contributed by atoms with van der Waals surface area (Å²) >= 11 is 0. The molecule has 1 heterocycles. The molecule has 0 spiro atoms. The van der Waals surface area contributed by atoms with Gasteiger partial charge in [-0.2, -0.15) is 5.10 Å². The number of anilines is 2. The van der Waals surface area contributed by atoms with Crippen LogP contribution in [0.4, 0.5) is 24.7 Å². The van der Waals surface area contributed by atoms with Crippen molar-refractivity contribution in [1.82, 2.24) is 15.1 Å². The number of amides is 1. The highest BCUT2D eigenvalue weighted by molar-refractivity contribution is 5.98. The van der Waals surface area contributed by atoms with E-state index in [4.69, 9.17) is 11.5 Å². The Labute approximate surface area is 166 Å². The summed E-state index contributed by atoms with van der Waals surface area (Å²) in [6.45, 7) is -0.0515. The molecule has 0 atom stereocenters. The van der Waals surface area contributed by atoms with Gasteiger partial charge in [-0.1, -0.05) is 0 Å². The first-order valence-corrected chi connectivity index (χ1v) is 9.47. The largest absolute Gasteiger partial charge is 0.365 e.